The number of aliphatic hydroxyl groups excluding tert-OH is 2. The van der Waals surface area contributed by atoms with Gasteiger partial charge in [0, 0.05) is 10.5 Å². The predicted octanol–water partition coefficient (Wildman–Crippen LogP) is 3.06. The molecule has 1 aliphatic heterocycles. The summed E-state index contributed by atoms with van der Waals surface area (Å²) in [4.78, 5) is 12.8. The highest BCUT2D eigenvalue weighted by atomic mass is 35.5. The van der Waals surface area contributed by atoms with Gasteiger partial charge in [-0.25, -0.2) is 21.9 Å². The quantitative estimate of drug-likeness (QED) is 0.289. The lowest BCUT2D eigenvalue weighted by Crippen LogP contribution is -2.56. The maximum absolute atomic E-state index is 14.1. The second-order valence-corrected chi connectivity index (χ2v) is 12.9. The van der Waals surface area contributed by atoms with Crippen LogP contribution in [0.25, 0.3) is 11.3 Å². The van der Waals surface area contributed by atoms with E-state index in [2.05, 4.69) is 10.3 Å². The molecule has 0 spiro atoms. The van der Waals surface area contributed by atoms with Crippen LogP contribution in [0.15, 0.2) is 41.4 Å². The zero-order valence-electron chi connectivity index (χ0n) is 20.7. The fourth-order valence-electron chi connectivity index (χ4n) is 3.99. The first kappa shape index (κ1) is 31.8. The maximum atomic E-state index is 14.1. The molecule has 1 aliphatic rings. The normalized spacial score (nSPS) is 23.0. The zero-order valence-corrected chi connectivity index (χ0v) is 24.6. The molecule has 3 aromatic rings. The van der Waals surface area contributed by atoms with Crippen LogP contribution in [-0.4, -0.2) is 82.7 Å². The second-order valence-electron chi connectivity index (χ2n) is 8.81. The maximum Gasteiger partial charge on any atom is 0.259 e. The third-order valence-electron chi connectivity index (χ3n) is 5.77. The van der Waals surface area contributed by atoms with Crippen LogP contribution >= 0.6 is 46.6 Å². The van der Waals surface area contributed by atoms with Crippen molar-refractivity contribution < 1.29 is 41.7 Å². The van der Waals surface area contributed by atoms with E-state index >= 15 is 0 Å². The van der Waals surface area contributed by atoms with Gasteiger partial charge < -0.3 is 19.7 Å². The van der Waals surface area contributed by atoms with Crippen molar-refractivity contribution >= 4 is 62.5 Å². The van der Waals surface area contributed by atoms with Gasteiger partial charge in [-0.15, -0.1) is 5.10 Å². The standard InChI is InChI=1S/C23H21Cl3F2N4O7S2/c1-41(36,37)30-18(34)9-38-22-20(32-7-16(29-31-32)10-4-14(27)19(26)15(28)5-10)21(35)17(8-33)39-23(22)40-11-2-3-12(24)13(25)6-11/h2-7,17,20-23,33,35H,8-9H2,1H3,(H,30,34)/t17?,20?,21-,22-,23+/m0/s1. The second kappa shape index (κ2) is 13.1. The molecule has 0 saturated carbocycles. The summed E-state index contributed by atoms with van der Waals surface area (Å²) in [6.45, 7) is -1.41. The summed E-state index contributed by atoms with van der Waals surface area (Å²) in [7, 11) is -3.90. The Morgan fingerprint density at radius 1 is 1.20 bits per heavy atom. The van der Waals surface area contributed by atoms with Crippen molar-refractivity contribution in [1.82, 2.24) is 19.7 Å². The van der Waals surface area contributed by atoms with E-state index in [-0.39, 0.29) is 21.3 Å². The lowest BCUT2D eigenvalue weighted by molar-refractivity contribution is -0.193. The molecule has 0 bridgehead atoms. The van der Waals surface area contributed by atoms with Crippen LogP contribution in [0, 0.1) is 11.6 Å². The van der Waals surface area contributed by atoms with E-state index in [9.17, 15) is 32.2 Å². The molecule has 1 amide bonds. The largest absolute Gasteiger partial charge is 0.394 e. The molecular weight excluding hydrogens is 653 g/mol. The Hall–Kier alpha value is -2.08. The number of sulfonamides is 1. The van der Waals surface area contributed by atoms with Gasteiger partial charge >= 0.3 is 0 Å². The Balaban J connectivity index is 1.72. The molecule has 1 fully saturated rings. The summed E-state index contributed by atoms with van der Waals surface area (Å²) in [5.74, 6) is -3.06. The number of ether oxygens (including phenoxy) is 2. The lowest BCUT2D eigenvalue weighted by atomic mass is 9.97. The summed E-state index contributed by atoms with van der Waals surface area (Å²) in [5.41, 5.74) is -1.05. The van der Waals surface area contributed by atoms with Gasteiger partial charge in [-0.3, -0.25) is 9.52 Å². The molecule has 3 N–H and O–H groups in total. The van der Waals surface area contributed by atoms with Gasteiger partial charge in [-0.2, -0.15) is 0 Å². The number of halogens is 5. The van der Waals surface area contributed by atoms with Crippen LogP contribution in [0.3, 0.4) is 0 Å². The van der Waals surface area contributed by atoms with E-state index in [1.807, 2.05) is 0 Å². The SMILES string of the molecule is CS(=O)(=O)NC(=O)CO[C@H]1C(n2cc(-c3cc(F)c(Cl)c(F)c3)nn2)[C@@H](O)C(CO)O[C@@H]1Sc1ccc(Cl)c(Cl)c1. The number of rotatable bonds is 9. The number of hydrogen-bond donors (Lipinski definition) is 3. The average Bonchev–Trinajstić information content (AvgIpc) is 3.37. The molecule has 5 atom stereocenters. The monoisotopic (exact) mass is 672 g/mol. The van der Waals surface area contributed by atoms with Crippen LogP contribution in [-0.2, 0) is 24.3 Å². The molecule has 222 valence electrons. The van der Waals surface area contributed by atoms with Crippen LogP contribution in [0.1, 0.15) is 6.04 Å². The lowest BCUT2D eigenvalue weighted by Gasteiger charge is -2.43. The van der Waals surface area contributed by atoms with E-state index in [4.69, 9.17) is 44.3 Å². The minimum atomic E-state index is -3.90. The van der Waals surface area contributed by atoms with Gasteiger partial charge in [-0.05, 0) is 30.3 Å². The van der Waals surface area contributed by atoms with Crippen molar-refractivity contribution in [3.63, 3.8) is 0 Å². The molecule has 2 heterocycles. The Labute approximate surface area is 251 Å². The van der Waals surface area contributed by atoms with Gasteiger partial charge in [-0.1, -0.05) is 51.8 Å². The van der Waals surface area contributed by atoms with Crippen molar-refractivity contribution in [2.75, 3.05) is 19.5 Å². The van der Waals surface area contributed by atoms with Crippen LogP contribution in [0.4, 0.5) is 8.78 Å². The first-order chi connectivity index (χ1) is 19.3. The topological polar surface area (TPSA) is 153 Å². The third kappa shape index (κ3) is 7.66. The van der Waals surface area contributed by atoms with Crippen molar-refractivity contribution in [2.45, 2.75) is 34.7 Å². The molecule has 4 rings (SSSR count). The summed E-state index contributed by atoms with van der Waals surface area (Å²) >= 11 is 18.8. The number of aromatic nitrogens is 3. The van der Waals surface area contributed by atoms with Crippen LogP contribution in [0.5, 0.6) is 0 Å². The number of nitrogens with zero attached hydrogens (tertiary/aromatic N) is 3. The van der Waals surface area contributed by atoms with E-state index in [0.717, 1.165) is 34.8 Å². The number of carbonyl (C=O) groups is 1. The Morgan fingerprint density at radius 3 is 2.49 bits per heavy atom. The Morgan fingerprint density at radius 2 is 1.88 bits per heavy atom. The third-order valence-corrected chi connectivity index (χ3v) is 8.61. The van der Waals surface area contributed by atoms with Gasteiger partial charge in [0.25, 0.3) is 5.91 Å². The molecular formula is C23H21Cl3F2N4O7S2. The highest BCUT2D eigenvalue weighted by Gasteiger charge is 2.48. The Kier molecular flexibility index (Phi) is 10.1. The molecule has 1 saturated heterocycles. The van der Waals surface area contributed by atoms with Crippen molar-refractivity contribution in [3.8, 4) is 11.3 Å². The summed E-state index contributed by atoms with van der Waals surface area (Å²) in [6.07, 6.45) is -1.85. The van der Waals surface area contributed by atoms with Gasteiger partial charge in [0.2, 0.25) is 10.0 Å². The van der Waals surface area contributed by atoms with E-state index in [1.165, 1.54) is 18.3 Å². The van der Waals surface area contributed by atoms with Crippen molar-refractivity contribution in [1.29, 1.82) is 0 Å². The summed E-state index contributed by atoms with van der Waals surface area (Å²) < 4.78 is 65.7. The van der Waals surface area contributed by atoms with Crippen LogP contribution in [0.2, 0.25) is 15.1 Å². The highest BCUT2D eigenvalue weighted by Crippen LogP contribution is 2.41. The van der Waals surface area contributed by atoms with E-state index in [0.29, 0.717) is 4.90 Å². The number of aliphatic hydroxyl groups is 2. The van der Waals surface area contributed by atoms with Crippen molar-refractivity contribution in [2.24, 2.45) is 0 Å². The number of nitrogens with one attached hydrogen (secondary N) is 1. The number of carbonyl (C=O) groups excluding carboxylic acids is 1. The smallest absolute Gasteiger partial charge is 0.259 e. The number of hydrogen-bond acceptors (Lipinski definition) is 10. The number of amides is 1. The van der Waals surface area contributed by atoms with Gasteiger partial charge in [0.1, 0.15) is 58.7 Å². The zero-order chi connectivity index (χ0) is 30.1. The van der Waals surface area contributed by atoms with Gasteiger partial charge in [0.05, 0.1) is 29.1 Å². The van der Waals surface area contributed by atoms with Crippen LogP contribution < -0.4 is 4.72 Å². The summed E-state index contributed by atoms with van der Waals surface area (Å²) in [5, 5.41) is 28.8. The van der Waals surface area contributed by atoms with Gasteiger partial charge in [0.15, 0.2) is 0 Å². The fraction of sp³-hybridized carbons (Fsp3) is 0.348. The Bertz CT molecular complexity index is 1530. The number of thioether (sulfide) groups is 1. The van der Waals surface area contributed by atoms with E-state index < -0.39 is 75.6 Å². The van der Waals surface area contributed by atoms with Crippen molar-refractivity contribution in [3.05, 3.63) is 63.2 Å². The molecule has 11 nitrogen and oxygen atoms in total. The molecule has 0 aliphatic carbocycles. The number of benzene rings is 2. The molecule has 18 heteroatoms. The molecule has 41 heavy (non-hydrogen) atoms. The first-order valence-corrected chi connectivity index (χ1v) is 15.4. The molecule has 2 aromatic carbocycles. The molecule has 2 unspecified atom stereocenters. The summed E-state index contributed by atoms with van der Waals surface area (Å²) in [6, 6.07) is 5.40. The molecule has 0 radical (unpaired) electrons. The minimum absolute atomic E-state index is 0.000891. The molecule has 1 aromatic heterocycles. The highest BCUT2D eigenvalue weighted by molar-refractivity contribution is 7.99. The fourth-order valence-corrected chi connectivity index (χ4v) is 6.10. The average molecular weight is 674 g/mol. The van der Waals surface area contributed by atoms with E-state index in [1.54, 1.807) is 10.8 Å². The first-order valence-electron chi connectivity index (χ1n) is 11.5. The minimum Gasteiger partial charge on any atom is -0.394 e. The predicted molar refractivity (Wildman–Crippen MR) is 146 cm³/mol.